The molecule has 5 N–H and O–H groups in total. The van der Waals surface area contributed by atoms with Gasteiger partial charge < -0.3 is 31.1 Å². The molecule has 18 nitrogen and oxygen atoms in total. The standard InChI is InChI=1S/C40H50N12O6/c1-48-23-27(19-44-48)45-36-34(35(41)54)42-20-32(46-36)51-12-2-3-25(22-51)18-43-37(55)26-10-13-49(14-11-26)21-24-8-15-50(16-9-24)28-4-5-29-30(17-28)40(58)52(39(29)57)31-6-7-33(53)47-38(31)56/h4-5,17,19-20,23-26,31H,2-3,6-16,18,21-22H2,1H3,(H2,41,54)(H,43,55)(H,45,46)(H,47,53,56)/t25-,31?/m0/s1. The lowest BCUT2D eigenvalue weighted by Crippen LogP contribution is -2.54. The van der Waals surface area contributed by atoms with Gasteiger partial charge in [-0.1, -0.05) is 0 Å². The number of nitrogens with two attached hydrogens (primary N) is 1. The largest absolute Gasteiger partial charge is 0.371 e. The van der Waals surface area contributed by atoms with Crippen molar-refractivity contribution in [1.82, 2.24) is 40.2 Å². The van der Waals surface area contributed by atoms with Crippen molar-refractivity contribution in [2.24, 2.45) is 30.5 Å². The maximum absolute atomic E-state index is 13.3. The van der Waals surface area contributed by atoms with Gasteiger partial charge in [0.25, 0.3) is 17.7 Å². The molecule has 306 valence electrons. The van der Waals surface area contributed by atoms with Crippen LogP contribution in [0.3, 0.4) is 0 Å². The minimum atomic E-state index is -0.979. The summed E-state index contributed by atoms with van der Waals surface area (Å²) < 4.78 is 1.64. The van der Waals surface area contributed by atoms with E-state index in [2.05, 4.69) is 40.7 Å². The highest BCUT2D eigenvalue weighted by atomic mass is 16.2. The molecular weight excluding hydrogens is 745 g/mol. The van der Waals surface area contributed by atoms with Crippen LogP contribution in [0, 0.1) is 17.8 Å². The molecule has 2 atom stereocenters. The fraction of sp³-hybridized carbons (Fsp3) is 0.525. The number of fused-ring (bicyclic) bond motifs is 1. The fourth-order valence-electron chi connectivity index (χ4n) is 9.02. The Morgan fingerprint density at radius 3 is 2.40 bits per heavy atom. The number of primary amides is 1. The summed E-state index contributed by atoms with van der Waals surface area (Å²) in [5.74, 6) is -0.861. The summed E-state index contributed by atoms with van der Waals surface area (Å²) in [4.78, 5) is 92.8. The lowest BCUT2D eigenvalue weighted by atomic mass is 9.91. The van der Waals surface area contributed by atoms with E-state index in [-0.39, 0.29) is 47.7 Å². The lowest BCUT2D eigenvalue weighted by Gasteiger charge is -2.38. The molecule has 1 unspecified atom stereocenters. The zero-order valence-corrected chi connectivity index (χ0v) is 32.7. The lowest BCUT2D eigenvalue weighted by molar-refractivity contribution is -0.136. The van der Waals surface area contributed by atoms with Gasteiger partial charge in [0.15, 0.2) is 11.5 Å². The molecule has 6 amide bonds. The van der Waals surface area contributed by atoms with Crippen LogP contribution in [0.15, 0.2) is 36.8 Å². The molecule has 4 fully saturated rings. The molecule has 3 aromatic rings. The quantitative estimate of drug-likeness (QED) is 0.202. The molecule has 0 bridgehead atoms. The van der Waals surface area contributed by atoms with E-state index >= 15 is 0 Å². The Bertz CT molecular complexity index is 2110. The summed E-state index contributed by atoms with van der Waals surface area (Å²) in [6, 6.07) is 4.33. The number of imide groups is 2. The highest BCUT2D eigenvalue weighted by Crippen LogP contribution is 2.33. The predicted molar refractivity (Wildman–Crippen MR) is 212 cm³/mol. The Labute approximate surface area is 335 Å². The molecule has 1 aromatic carbocycles. The van der Waals surface area contributed by atoms with E-state index in [1.54, 1.807) is 42.5 Å². The molecule has 5 aliphatic rings. The van der Waals surface area contributed by atoms with Crippen molar-refractivity contribution in [3.05, 3.63) is 53.6 Å². The second kappa shape index (κ2) is 16.5. The summed E-state index contributed by atoms with van der Waals surface area (Å²) >= 11 is 0. The number of hydrogen-bond acceptors (Lipinski definition) is 13. The third-order valence-electron chi connectivity index (χ3n) is 12.2. The number of amides is 6. The fourth-order valence-corrected chi connectivity index (χ4v) is 9.02. The highest BCUT2D eigenvalue weighted by molar-refractivity contribution is 6.23. The van der Waals surface area contributed by atoms with Crippen molar-refractivity contribution in [3.8, 4) is 0 Å². The van der Waals surface area contributed by atoms with Crippen LogP contribution in [0.4, 0.5) is 23.0 Å². The van der Waals surface area contributed by atoms with Gasteiger partial charge in [-0.15, -0.1) is 0 Å². The van der Waals surface area contributed by atoms with E-state index in [0.717, 1.165) is 88.4 Å². The molecule has 2 aromatic heterocycles. The molecule has 0 spiro atoms. The molecule has 0 saturated carbocycles. The number of aromatic nitrogens is 4. The Balaban J connectivity index is 0.769. The number of anilines is 4. The molecule has 4 saturated heterocycles. The third-order valence-corrected chi connectivity index (χ3v) is 12.2. The van der Waals surface area contributed by atoms with E-state index in [1.165, 1.54) is 0 Å². The van der Waals surface area contributed by atoms with Gasteiger partial charge >= 0.3 is 0 Å². The Morgan fingerprint density at radius 2 is 1.67 bits per heavy atom. The number of benzene rings is 1. The maximum atomic E-state index is 13.3. The second-order valence-corrected chi connectivity index (χ2v) is 16.2. The van der Waals surface area contributed by atoms with Gasteiger partial charge in [-0.05, 0) is 88.1 Å². The Hall–Kier alpha value is -5.91. The molecule has 7 heterocycles. The number of carbonyl (C=O) groups excluding carboxylic acids is 6. The van der Waals surface area contributed by atoms with Crippen LogP contribution in [0.2, 0.25) is 0 Å². The summed E-state index contributed by atoms with van der Waals surface area (Å²) in [6.45, 7) is 6.51. The van der Waals surface area contributed by atoms with E-state index < -0.39 is 35.6 Å². The van der Waals surface area contributed by atoms with Crippen molar-refractivity contribution in [1.29, 1.82) is 0 Å². The summed E-state index contributed by atoms with van der Waals surface area (Å²) in [5, 5.41) is 12.8. The van der Waals surface area contributed by atoms with Crippen molar-refractivity contribution in [3.63, 3.8) is 0 Å². The number of rotatable bonds is 11. The second-order valence-electron chi connectivity index (χ2n) is 16.2. The number of nitrogens with zero attached hydrogens (tertiary/aromatic N) is 8. The van der Waals surface area contributed by atoms with Crippen molar-refractivity contribution in [2.75, 3.05) is 67.5 Å². The highest BCUT2D eigenvalue weighted by Gasteiger charge is 2.45. The zero-order valence-electron chi connectivity index (χ0n) is 32.7. The van der Waals surface area contributed by atoms with Crippen LogP contribution in [0.5, 0.6) is 0 Å². The first kappa shape index (κ1) is 38.9. The van der Waals surface area contributed by atoms with Gasteiger partial charge in [0.05, 0.1) is 29.2 Å². The number of nitrogens with one attached hydrogen (secondary N) is 3. The van der Waals surface area contributed by atoms with Crippen molar-refractivity contribution < 1.29 is 28.8 Å². The van der Waals surface area contributed by atoms with Gasteiger partial charge in [0, 0.05) is 70.5 Å². The molecule has 58 heavy (non-hydrogen) atoms. The molecule has 18 heteroatoms. The van der Waals surface area contributed by atoms with Crippen LogP contribution in [0.25, 0.3) is 0 Å². The van der Waals surface area contributed by atoms with Gasteiger partial charge in [-0.2, -0.15) is 5.10 Å². The Morgan fingerprint density at radius 1 is 0.897 bits per heavy atom. The number of likely N-dealkylation sites (tertiary alicyclic amines) is 1. The van der Waals surface area contributed by atoms with Crippen LogP contribution in [0.1, 0.15) is 82.6 Å². The van der Waals surface area contributed by atoms with Gasteiger partial charge in [0.1, 0.15) is 11.9 Å². The minimum absolute atomic E-state index is 0.00794. The number of hydrogen-bond donors (Lipinski definition) is 4. The first-order chi connectivity index (χ1) is 28.0. The average Bonchev–Trinajstić information content (AvgIpc) is 3.75. The number of piperidine rings is 4. The maximum Gasteiger partial charge on any atom is 0.271 e. The monoisotopic (exact) mass is 794 g/mol. The van der Waals surface area contributed by atoms with E-state index in [1.807, 2.05) is 6.07 Å². The van der Waals surface area contributed by atoms with E-state index in [4.69, 9.17) is 10.7 Å². The summed E-state index contributed by atoms with van der Waals surface area (Å²) in [5.41, 5.74) is 7.77. The normalized spacial score (nSPS) is 22.3. The number of aryl methyl sites for hydroxylation is 1. The van der Waals surface area contributed by atoms with E-state index in [9.17, 15) is 28.8 Å². The Kier molecular flexibility index (Phi) is 11.1. The van der Waals surface area contributed by atoms with Crippen LogP contribution >= 0.6 is 0 Å². The van der Waals surface area contributed by atoms with Gasteiger partial charge in [-0.3, -0.25) is 43.7 Å². The average molecular weight is 795 g/mol. The smallest absolute Gasteiger partial charge is 0.271 e. The third kappa shape index (κ3) is 8.23. The van der Waals surface area contributed by atoms with E-state index in [0.29, 0.717) is 36.1 Å². The topological polar surface area (TPSA) is 221 Å². The van der Waals surface area contributed by atoms with Crippen molar-refractivity contribution in [2.45, 2.75) is 57.4 Å². The molecule has 0 aliphatic carbocycles. The molecule has 0 radical (unpaired) electrons. The van der Waals surface area contributed by atoms with Crippen LogP contribution < -0.4 is 31.5 Å². The molecule has 5 aliphatic heterocycles. The van der Waals surface area contributed by atoms with Crippen LogP contribution in [-0.2, 0) is 21.4 Å². The SMILES string of the molecule is Cn1cc(Nc2nc(N3CCC[C@@H](CNC(=O)C4CCN(CC5CCN(c6ccc7c(c6)C(=O)N(C6CCC(=O)NC6=O)C7=O)CC5)CC4)C3)cnc2C(N)=O)cn1. The predicted octanol–water partition coefficient (Wildman–Crippen LogP) is 1.42. The zero-order chi connectivity index (χ0) is 40.5. The van der Waals surface area contributed by atoms with Crippen LogP contribution in [-0.4, -0.2) is 123 Å². The number of carbonyl (C=O) groups is 6. The van der Waals surface area contributed by atoms with Crippen molar-refractivity contribution >= 4 is 58.5 Å². The minimum Gasteiger partial charge on any atom is -0.371 e. The molecular formula is C40H50N12O6. The van der Waals surface area contributed by atoms with Gasteiger partial charge in [-0.25, -0.2) is 9.97 Å². The van der Waals surface area contributed by atoms with Gasteiger partial charge in [0.2, 0.25) is 17.7 Å². The summed E-state index contributed by atoms with van der Waals surface area (Å²) in [7, 11) is 1.80. The molecule has 8 rings (SSSR count). The summed E-state index contributed by atoms with van der Waals surface area (Å²) in [6.07, 6.45) is 10.8. The first-order valence-corrected chi connectivity index (χ1v) is 20.3. The first-order valence-electron chi connectivity index (χ1n) is 20.3.